The number of hydrogen-bond acceptors (Lipinski definition) is 8. The summed E-state index contributed by atoms with van der Waals surface area (Å²) in [7, 11) is 3.08. The van der Waals surface area contributed by atoms with Gasteiger partial charge in [-0.15, -0.1) is 11.3 Å². The SMILES string of the molecule is CCN(CC)CCN1C(=O)C(O)=C(C(=O)c2sc(C)nc2C)C1c1cc(OC)ccc1OC. The highest BCUT2D eigenvalue weighted by Gasteiger charge is 2.45. The highest BCUT2D eigenvalue weighted by atomic mass is 32.1. The summed E-state index contributed by atoms with van der Waals surface area (Å²) in [4.78, 5) is 35.4. The average molecular weight is 474 g/mol. The van der Waals surface area contributed by atoms with Gasteiger partial charge < -0.3 is 24.4 Å². The number of likely N-dealkylation sites (N-methyl/N-ethyl adjacent to an activating group) is 1. The van der Waals surface area contributed by atoms with Crippen LogP contribution in [-0.2, 0) is 4.79 Å². The fourth-order valence-electron chi connectivity index (χ4n) is 4.15. The molecule has 0 fully saturated rings. The number of Topliss-reactive ketones (excluding diaryl/α,β-unsaturated/α-hetero) is 1. The molecule has 33 heavy (non-hydrogen) atoms. The summed E-state index contributed by atoms with van der Waals surface area (Å²) in [6.45, 7) is 10.3. The van der Waals surface area contributed by atoms with Gasteiger partial charge in [0.2, 0.25) is 5.78 Å². The molecule has 0 radical (unpaired) electrons. The van der Waals surface area contributed by atoms with Crippen LogP contribution in [0.1, 0.15) is 45.8 Å². The number of aliphatic hydroxyl groups excluding tert-OH is 1. The van der Waals surface area contributed by atoms with Gasteiger partial charge in [-0.1, -0.05) is 13.8 Å². The Morgan fingerprint density at radius 1 is 1.21 bits per heavy atom. The van der Waals surface area contributed by atoms with Crippen molar-refractivity contribution >= 4 is 23.0 Å². The second-order valence-electron chi connectivity index (χ2n) is 7.77. The molecule has 1 aromatic carbocycles. The summed E-state index contributed by atoms with van der Waals surface area (Å²) in [5.41, 5.74) is 1.20. The molecule has 0 bridgehead atoms. The number of carbonyl (C=O) groups is 2. The molecule has 1 aromatic heterocycles. The molecule has 1 atom stereocenters. The molecule has 1 aliphatic rings. The van der Waals surface area contributed by atoms with E-state index in [4.69, 9.17) is 9.47 Å². The van der Waals surface area contributed by atoms with Gasteiger partial charge >= 0.3 is 0 Å². The van der Waals surface area contributed by atoms with Crippen molar-refractivity contribution < 1.29 is 24.2 Å². The van der Waals surface area contributed by atoms with Crippen molar-refractivity contribution in [2.75, 3.05) is 40.4 Å². The minimum Gasteiger partial charge on any atom is -0.503 e. The monoisotopic (exact) mass is 473 g/mol. The number of methoxy groups -OCH3 is 2. The Kier molecular flexibility index (Phi) is 7.76. The van der Waals surface area contributed by atoms with E-state index in [-0.39, 0.29) is 5.57 Å². The third-order valence-corrected chi connectivity index (χ3v) is 7.01. The Morgan fingerprint density at radius 2 is 1.91 bits per heavy atom. The molecule has 2 aromatic rings. The smallest absolute Gasteiger partial charge is 0.290 e. The Labute approximate surface area is 198 Å². The van der Waals surface area contributed by atoms with E-state index in [1.165, 1.54) is 18.4 Å². The van der Waals surface area contributed by atoms with Gasteiger partial charge in [-0.25, -0.2) is 4.98 Å². The molecule has 1 aliphatic heterocycles. The number of amides is 1. The number of aromatic nitrogens is 1. The zero-order valence-electron chi connectivity index (χ0n) is 20.0. The van der Waals surface area contributed by atoms with Crippen molar-refractivity contribution in [3.8, 4) is 11.5 Å². The van der Waals surface area contributed by atoms with Gasteiger partial charge in [-0.3, -0.25) is 9.59 Å². The maximum absolute atomic E-state index is 13.7. The first-order valence-electron chi connectivity index (χ1n) is 10.9. The summed E-state index contributed by atoms with van der Waals surface area (Å²) in [6.07, 6.45) is 0. The fourth-order valence-corrected chi connectivity index (χ4v) is 5.02. The fraction of sp³-hybridized carbons (Fsp3) is 0.458. The molecule has 0 aliphatic carbocycles. The molecule has 1 amide bonds. The van der Waals surface area contributed by atoms with Crippen LogP contribution in [0, 0.1) is 13.8 Å². The lowest BCUT2D eigenvalue weighted by molar-refractivity contribution is -0.129. The first kappa shape index (κ1) is 24.7. The van der Waals surface area contributed by atoms with Crippen LogP contribution in [0.3, 0.4) is 0 Å². The zero-order chi connectivity index (χ0) is 24.3. The van der Waals surface area contributed by atoms with E-state index in [1.54, 1.807) is 37.1 Å². The summed E-state index contributed by atoms with van der Waals surface area (Å²) < 4.78 is 11.0. The summed E-state index contributed by atoms with van der Waals surface area (Å²) in [6, 6.07) is 4.42. The van der Waals surface area contributed by atoms with Crippen LogP contribution in [0.2, 0.25) is 0 Å². The first-order valence-corrected chi connectivity index (χ1v) is 11.8. The second-order valence-corrected chi connectivity index (χ2v) is 8.98. The number of benzene rings is 1. The number of ketones is 1. The number of hydrogen-bond donors (Lipinski definition) is 1. The van der Waals surface area contributed by atoms with Crippen LogP contribution in [0.15, 0.2) is 29.5 Å². The summed E-state index contributed by atoms with van der Waals surface area (Å²) >= 11 is 1.25. The van der Waals surface area contributed by atoms with Crippen molar-refractivity contribution in [1.29, 1.82) is 0 Å². The molecule has 0 saturated heterocycles. The van der Waals surface area contributed by atoms with E-state index in [0.29, 0.717) is 40.7 Å². The second kappa shape index (κ2) is 10.4. The average Bonchev–Trinajstić information content (AvgIpc) is 3.28. The maximum Gasteiger partial charge on any atom is 0.290 e. The molecule has 1 unspecified atom stereocenters. The van der Waals surface area contributed by atoms with E-state index in [9.17, 15) is 14.7 Å². The molecule has 1 N–H and O–H groups in total. The van der Waals surface area contributed by atoms with Gasteiger partial charge in [0, 0.05) is 18.7 Å². The highest BCUT2D eigenvalue weighted by Crippen LogP contribution is 2.44. The van der Waals surface area contributed by atoms with Gasteiger partial charge in [0.25, 0.3) is 5.91 Å². The van der Waals surface area contributed by atoms with E-state index in [1.807, 2.05) is 6.92 Å². The molecular weight excluding hydrogens is 442 g/mol. The maximum atomic E-state index is 13.7. The van der Waals surface area contributed by atoms with Crippen LogP contribution in [-0.4, -0.2) is 72.0 Å². The molecule has 3 rings (SSSR count). The summed E-state index contributed by atoms with van der Waals surface area (Å²) in [5, 5.41) is 11.7. The molecule has 0 spiro atoms. The molecule has 0 saturated carbocycles. The number of nitrogens with zero attached hydrogens (tertiary/aromatic N) is 3. The van der Waals surface area contributed by atoms with E-state index < -0.39 is 23.5 Å². The van der Waals surface area contributed by atoms with E-state index >= 15 is 0 Å². The molecule has 178 valence electrons. The molecular formula is C24H31N3O5S. The predicted octanol–water partition coefficient (Wildman–Crippen LogP) is 3.70. The van der Waals surface area contributed by atoms with Gasteiger partial charge in [-0.2, -0.15) is 0 Å². The molecule has 9 heteroatoms. The number of ether oxygens (including phenoxy) is 2. The van der Waals surface area contributed by atoms with E-state index in [2.05, 4.69) is 23.7 Å². The topological polar surface area (TPSA) is 92.2 Å². The third-order valence-electron chi connectivity index (χ3n) is 5.94. The molecule has 2 heterocycles. The normalized spacial score (nSPS) is 16.2. The van der Waals surface area contributed by atoms with Gasteiger partial charge in [0.05, 0.1) is 41.4 Å². The van der Waals surface area contributed by atoms with Gasteiger partial charge in [-0.05, 0) is 45.1 Å². The van der Waals surface area contributed by atoms with Crippen molar-refractivity contribution in [1.82, 2.24) is 14.8 Å². The lowest BCUT2D eigenvalue weighted by Crippen LogP contribution is -2.38. The van der Waals surface area contributed by atoms with Crippen molar-refractivity contribution in [2.45, 2.75) is 33.7 Å². The van der Waals surface area contributed by atoms with Crippen molar-refractivity contribution in [3.05, 3.63) is 50.7 Å². The number of carbonyl (C=O) groups excluding carboxylic acids is 2. The number of aliphatic hydroxyl groups is 1. The Balaban J connectivity index is 2.15. The largest absolute Gasteiger partial charge is 0.503 e. The predicted molar refractivity (Wildman–Crippen MR) is 127 cm³/mol. The van der Waals surface area contributed by atoms with Crippen molar-refractivity contribution in [3.63, 3.8) is 0 Å². The Hall–Kier alpha value is -2.91. The minimum absolute atomic E-state index is 0.0397. The highest BCUT2D eigenvalue weighted by molar-refractivity contribution is 7.14. The Bertz CT molecular complexity index is 1070. The minimum atomic E-state index is -0.813. The number of thiazole rings is 1. The lowest BCUT2D eigenvalue weighted by Gasteiger charge is -2.30. The third kappa shape index (κ3) is 4.74. The standard InChI is InChI=1S/C24H31N3O5S/c1-7-26(8-2)11-12-27-20(17-13-16(31-5)9-10-18(17)32-6)19(22(29)24(27)30)21(28)23-14(3)25-15(4)33-23/h9-10,13,20,29H,7-8,11-12H2,1-6H3. The quantitative estimate of drug-likeness (QED) is 0.526. The molecule has 8 nitrogen and oxygen atoms in total. The zero-order valence-corrected chi connectivity index (χ0v) is 20.8. The van der Waals surface area contributed by atoms with Gasteiger partial charge in [0.1, 0.15) is 11.5 Å². The number of rotatable bonds is 10. The summed E-state index contributed by atoms with van der Waals surface area (Å²) in [5.74, 6) is -0.438. The van der Waals surface area contributed by atoms with Crippen LogP contribution >= 0.6 is 11.3 Å². The van der Waals surface area contributed by atoms with Crippen LogP contribution in [0.4, 0.5) is 0 Å². The first-order chi connectivity index (χ1) is 15.8. The number of aryl methyl sites for hydroxylation is 2. The van der Waals surface area contributed by atoms with Gasteiger partial charge in [0.15, 0.2) is 5.76 Å². The lowest BCUT2D eigenvalue weighted by atomic mass is 9.94. The van der Waals surface area contributed by atoms with Crippen LogP contribution < -0.4 is 9.47 Å². The van der Waals surface area contributed by atoms with Crippen molar-refractivity contribution in [2.24, 2.45) is 0 Å². The van der Waals surface area contributed by atoms with Crippen LogP contribution in [0.5, 0.6) is 11.5 Å². The Morgan fingerprint density at radius 3 is 2.45 bits per heavy atom. The van der Waals surface area contributed by atoms with Crippen LogP contribution in [0.25, 0.3) is 0 Å². The van der Waals surface area contributed by atoms with E-state index in [0.717, 1.165) is 18.1 Å².